The highest BCUT2D eigenvalue weighted by Gasteiger charge is 2.14. The van der Waals surface area contributed by atoms with Crippen LogP contribution in [0.5, 0.6) is 0 Å². The molecule has 0 fully saturated rings. The molecule has 0 bridgehead atoms. The summed E-state index contributed by atoms with van der Waals surface area (Å²) in [5, 5.41) is 6.06. The average Bonchev–Trinajstić information content (AvgIpc) is 2.37. The second-order valence-electron chi connectivity index (χ2n) is 4.96. The van der Waals surface area contributed by atoms with Crippen LogP contribution in [0.25, 0.3) is 0 Å². The number of carbonyl (C=O) groups is 2. The van der Waals surface area contributed by atoms with E-state index < -0.39 is 5.91 Å². The molecule has 0 spiro atoms. The number of carbonyl (C=O) groups excluding carboxylic acids is 2. The maximum Gasteiger partial charge on any atom is 0.251 e. The third-order valence-electron chi connectivity index (χ3n) is 3.24. The molecule has 1 unspecified atom stereocenters. The fourth-order valence-corrected chi connectivity index (χ4v) is 2.28. The number of fused-ring (bicyclic) bond motifs is 1. The first-order valence-corrected chi connectivity index (χ1v) is 6.48. The Morgan fingerprint density at radius 3 is 2.95 bits per heavy atom. The molecule has 19 heavy (non-hydrogen) atoms. The van der Waals surface area contributed by atoms with Crippen molar-refractivity contribution in [3.05, 3.63) is 34.9 Å². The van der Waals surface area contributed by atoms with Crippen LogP contribution in [0.2, 0.25) is 0 Å². The van der Waals surface area contributed by atoms with E-state index in [0.29, 0.717) is 5.56 Å². The molecule has 1 heterocycles. The lowest BCUT2D eigenvalue weighted by Crippen LogP contribution is -2.36. The summed E-state index contributed by atoms with van der Waals surface area (Å²) < 4.78 is 0. The Hall–Kier alpha value is -1.88. The van der Waals surface area contributed by atoms with Crippen molar-refractivity contribution in [2.24, 2.45) is 5.73 Å². The van der Waals surface area contributed by atoms with Gasteiger partial charge in [0.25, 0.3) is 5.91 Å². The number of hydrogen-bond acceptors (Lipinski definition) is 3. The lowest BCUT2D eigenvalue weighted by molar-refractivity contribution is -0.118. The molecular weight excluding hydrogens is 242 g/mol. The van der Waals surface area contributed by atoms with Crippen molar-refractivity contribution in [3.8, 4) is 0 Å². The Kier molecular flexibility index (Phi) is 4.16. The van der Waals surface area contributed by atoms with Crippen LogP contribution >= 0.6 is 0 Å². The number of benzene rings is 1. The first-order chi connectivity index (χ1) is 9.06. The van der Waals surface area contributed by atoms with E-state index in [-0.39, 0.29) is 18.4 Å². The van der Waals surface area contributed by atoms with Gasteiger partial charge in [0.15, 0.2) is 0 Å². The van der Waals surface area contributed by atoms with Gasteiger partial charge < -0.3 is 16.4 Å². The summed E-state index contributed by atoms with van der Waals surface area (Å²) in [6.45, 7) is 3.55. The van der Waals surface area contributed by atoms with Crippen LogP contribution in [0.4, 0.5) is 0 Å². The molecular formula is C14H19N3O2. The minimum Gasteiger partial charge on any atom is -0.370 e. The molecule has 1 aliphatic heterocycles. The van der Waals surface area contributed by atoms with Crippen LogP contribution in [0.15, 0.2) is 18.2 Å². The fraction of sp³-hybridized carbons (Fsp3) is 0.429. The molecule has 0 saturated heterocycles. The normalized spacial score (nSPS) is 15.4. The van der Waals surface area contributed by atoms with Crippen molar-refractivity contribution in [2.75, 3.05) is 6.54 Å². The maximum absolute atomic E-state index is 12.0. The second-order valence-corrected chi connectivity index (χ2v) is 4.96. The Labute approximate surface area is 112 Å². The van der Waals surface area contributed by atoms with Crippen LogP contribution in [-0.2, 0) is 17.8 Å². The Morgan fingerprint density at radius 2 is 2.21 bits per heavy atom. The molecule has 2 rings (SSSR count). The lowest BCUT2D eigenvalue weighted by Gasteiger charge is -2.18. The van der Waals surface area contributed by atoms with Crippen molar-refractivity contribution in [2.45, 2.75) is 32.4 Å². The van der Waals surface area contributed by atoms with Crippen LogP contribution in [0.1, 0.15) is 34.8 Å². The highest BCUT2D eigenvalue weighted by atomic mass is 16.2. The van der Waals surface area contributed by atoms with Crippen LogP contribution in [0.3, 0.4) is 0 Å². The molecule has 2 amide bonds. The standard InChI is InChI=1S/C14H19N3O2/c1-9(6-13(15)18)17-14(19)11-3-2-10-4-5-16-8-12(10)7-11/h2-3,7,9,16H,4-6,8H2,1H3,(H2,15,18)(H,17,19). The van der Waals surface area contributed by atoms with E-state index in [2.05, 4.69) is 10.6 Å². The van der Waals surface area contributed by atoms with E-state index in [1.54, 1.807) is 6.92 Å². The molecule has 0 aromatic heterocycles. The van der Waals surface area contributed by atoms with Crippen molar-refractivity contribution in [3.63, 3.8) is 0 Å². The molecule has 102 valence electrons. The second kappa shape index (κ2) is 5.84. The first kappa shape index (κ1) is 13.5. The van der Waals surface area contributed by atoms with Gasteiger partial charge in [-0.1, -0.05) is 6.07 Å². The van der Waals surface area contributed by atoms with E-state index in [0.717, 1.165) is 19.5 Å². The third-order valence-corrected chi connectivity index (χ3v) is 3.24. The molecule has 1 aliphatic rings. The molecule has 5 heteroatoms. The Bertz CT molecular complexity index is 499. The van der Waals surface area contributed by atoms with Gasteiger partial charge in [-0.05, 0) is 43.1 Å². The van der Waals surface area contributed by atoms with Crippen molar-refractivity contribution < 1.29 is 9.59 Å². The summed E-state index contributed by atoms with van der Waals surface area (Å²) >= 11 is 0. The zero-order chi connectivity index (χ0) is 13.8. The first-order valence-electron chi connectivity index (χ1n) is 6.48. The number of primary amides is 1. The highest BCUT2D eigenvalue weighted by Crippen LogP contribution is 2.16. The number of nitrogens with one attached hydrogen (secondary N) is 2. The van der Waals surface area contributed by atoms with Gasteiger partial charge in [0.2, 0.25) is 5.91 Å². The van der Waals surface area contributed by atoms with E-state index in [4.69, 9.17) is 5.73 Å². The Balaban J connectivity index is 2.05. The molecule has 0 saturated carbocycles. The highest BCUT2D eigenvalue weighted by molar-refractivity contribution is 5.95. The van der Waals surface area contributed by atoms with Crippen molar-refractivity contribution in [1.29, 1.82) is 0 Å². The van der Waals surface area contributed by atoms with Gasteiger partial charge in [0.05, 0.1) is 0 Å². The quantitative estimate of drug-likeness (QED) is 0.730. The van der Waals surface area contributed by atoms with Gasteiger partial charge in [-0.15, -0.1) is 0 Å². The van der Waals surface area contributed by atoms with Gasteiger partial charge in [0, 0.05) is 24.6 Å². The fourth-order valence-electron chi connectivity index (χ4n) is 2.28. The summed E-state index contributed by atoms with van der Waals surface area (Å²) in [7, 11) is 0. The average molecular weight is 261 g/mol. The van der Waals surface area contributed by atoms with E-state index in [9.17, 15) is 9.59 Å². The van der Waals surface area contributed by atoms with Gasteiger partial charge in [-0.25, -0.2) is 0 Å². The molecule has 0 aliphatic carbocycles. The summed E-state index contributed by atoms with van der Waals surface area (Å²) in [6, 6.07) is 5.49. The third kappa shape index (κ3) is 3.54. The van der Waals surface area contributed by atoms with Crippen molar-refractivity contribution >= 4 is 11.8 Å². The zero-order valence-corrected chi connectivity index (χ0v) is 11.0. The molecule has 5 nitrogen and oxygen atoms in total. The SMILES string of the molecule is CC(CC(N)=O)NC(=O)c1ccc2c(c1)CNCC2. The lowest BCUT2D eigenvalue weighted by atomic mass is 9.98. The van der Waals surface area contributed by atoms with Gasteiger partial charge in [0.1, 0.15) is 0 Å². The number of nitrogens with two attached hydrogens (primary N) is 1. The van der Waals surface area contributed by atoms with E-state index in [1.165, 1.54) is 11.1 Å². The predicted molar refractivity (Wildman–Crippen MR) is 72.6 cm³/mol. The molecule has 1 aromatic carbocycles. The Morgan fingerprint density at radius 1 is 1.42 bits per heavy atom. The predicted octanol–water partition coefficient (Wildman–Crippen LogP) is 0.326. The van der Waals surface area contributed by atoms with E-state index >= 15 is 0 Å². The minimum absolute atomic E-state index is 0.151. The topological polar surface area (TPSA) is 84.2 Å². The van der Waals surface area contributed by atoms with E-state index in [1.807, 2.05) is 18.2 Å². The summed E-state index contributed by atoms with van der Waals surface area (Å²) in [5.41, 5.74) is 8.18. The van der Waals surface area contributed by atoms with Gasteiger partial charge in [-0.2, -0.15) is 0 Å². The number of rotatable bonds is 4. The van der Waals surface area contributed by atoms with Gasteiger partial charge >= 0.3 is 0 Å². The van der Waals surface area contributed by atoms with Crippen LogP contribution < -0.4 is 16.4 Å². The summed E-state index contributed by atoms with van der Waals surface area (Å²) in [6.07, 6.45) is 1.15. The molecule has 0 radical (unpaired) electrons. The van der Waals surface area contributed by atoms with Crippen molar-refractivity contribution in [1.82, 2.24) is 10.6 Å². The summed E-state index contributed by atoms with van der Waals surface area (Å²) in [4.78, 5) is 22.8. The monoisotopic (exact) mass is 261 g/mol. The minimum atomic E-state index is -0.414. The van der Waals surface area contributed by atoms with Crippen LogP contribution in [-0.4, -0.2) is 24.4 Å². The molecule has 4 N–H and O–H groups in total. The zero-order valence-electron chi connectivity index (χ0n) is 11.0. The molecule has 1 aromatic rings. The maximum atomic E-state index is 12.0. The smallest absolute Gasteiger partial charge is 0.251 e. The van der Waals surface area contributed by atoms with Crippen LogP contribution in [0, 0.1) is 0 Å². The number of hydrogen-bond donors (Lipinski definition) is 3. The summed E-state index contributed by atoms with van der Waals surface area (Å²) in [5.74, 6) is -0.579. The molecule has 1 atom stereocenters. The largest absolute Gasteiger partial charge is 0.370 e. The van der Waals surface area contributed by atoms with Gasteiger partial charge in [-0.3, -0.25) is 9.59 Å². The number of amides is 2.